The number of guanidine groups is 1. The summed E-state index contributed by atoms with van der Waals surface area (Å²) in [6.07, 6.45) is 0. The average molecular weight is 388 g/mol. The summed E-state index contributed by atoms with van der Waals surface area (Å²) in [5.74, 6) is 3.38. The van der Waals surface area contributed by atoms with Gasteiger partial charge in [0.1, 0.15) is 11.5 Å². The minimum atomic E-state index is 0.0170. The Morgan fingerprint density at radius 1 is 1.18 bits per heavy atom. The standard InChI is InChI=1S/C20H28N4O4/c1-14-4-6-17(28-14)16(24-8-10-27-11-9-24)13-22-20(21)23-15-5-7-18(25-2)19(12-15)26-3/h4-7,12,16H,8-11,13H2,1-3H3,(H3,21,22,23). The second kappa shape index (κ2) is 9.48. The van der Waals surface area contributed by atoms with Gasteiger partial charge in [0.2, 0.25) is 0 Å². The molecule has 8 heteroatoms. The first-order valence-corrected chi connectivity index (χ1v) is 9.28. The van der Waals surface area contributed by atoms with Crippen LogP contribution in [-0.2, 0) is 4.74 Å². The second-order valence-electron chi connectivity index (χ2n) is 6.53. The number of aryl methyl sites for hydroxylation is 1. The topological polar surface area (TPSA) is 94.5 Å². The summed E-state index contributed by atoms with van der Waals surface area (Å²) < 4.78 is 21.9. The van der Waals surface area contributed by atoms with E-state index in [1.165, 1.54) is 0 Å². The van der Waals surface area contributed by atoms with Crippen LogP contribution in [0.15, 0.2) is 39.7 Å². The highest BCUT2D eigenvalue weighted by Crippen LogP contribution is 2.29. The number of nitrogens with one attached hydrogen (secondary N) is 1. The minimum absolute atomic E-state index is 0.0170. The third-order valence-corrected chi connectivity index (χ3v) is 4.67. The molecule has 0 spiro atoms. The summed E-state index contributed by atoms with van der Waals surface area (Å²) in [5.41, 5.74) is 6.90. The zero-order chi connectivity index (χ0) is 19.9. The maximum Gasteiger partial charge on any atom is 0.193 e. The third-order valence-electron chi connectivity index (χ3n) is 4.67. The number of benzene rings is 1. The van der Waals surface area contributed by atoms with Gasteiger partial charge in [-0.15, -0.1) is 0 Å². The number of hydrogen-bond donors (Lipinski definition) is 2. The van der Waals surface area contributed by atoms with Crippen molar-refractivity contribution in [2.75, 3.05) is 52.4 Å². The molecule has 2 aromatic rings. The lowest BCUT2D eigenvalue weighted by Gasteiger charge is -2.32. The normalized spacial score (nSPS) is 16.6. The molecular formula is C20H28N4O4. The molecule has 1 saturated heterocycles. The molecule has 1 aromatic heterocycles. The lowest BCUT2D eigenvalue weighted by Crippen LogP contribution is -2.40. The predicted molar refractivity (Wildman–Crippen MR) is 108 cm³/mol. The van der Waals surface area contributed by atoms with Crippen molar-refractivity contribution in [3.05, 3.63) is 41.9 Å². The molecule has 1 unspecified atom stereocenters. The molecule has 152 valence electrons. The molecule has 3 N–H and O–H groups in total. The Balaban J connectivity index is 1.71. The Labute approximate surface area is 165 Å². The quantitative estimate of drug-likeness (QED) is 0.555. The number of furan rings is 1. The Kier molecular flexibility index (Phi) is 6.78. The molecule has 1 fully saturated rings. The first-order valence-electron chi connectivity index (χ1n) is 9.28. The number of morpholine rings is 1. The number of methoxy groups -OCH3 is 2. The summed E-state index contributed by atoms with van der Waals surface area (Å²) >= 11 is 0. The van der Waals surface area contributed by atoms with E-state index in [0.717, 1.165) is 30.3 Å². The van der Waals surface area contributed by atoms with E-state index in [2.05, 4.69) is 15.2 Å². The molecule has 1 aromatic carbocycles. The highest BCUT2D eigenvalue weighted by atomic mass is 16.5. The highest BCUT2D eigenvalue weighted by molar-refractivity contribution is 5.92. The van der Waals surface area contributed by atoms with Crippen molar-refractivity contribution in [1.29, 1.82) is 0 Å². The molecular weight excluding hydrogens is 360 g/mol. The molecule has 0 amide bonds. The first-order chi connectivity index (χ1) is 13.6. The van der Waals surface area contributed by atoms with Crippen LogP contribution in [0, 0.1) is 6.92 Å². The van der Waals surface area contributed by atoms with Crippen LogP contribution >= 0.6 is 0 Å². The Morgan fingerprint density at radius 2 is 1.93 bits per heavy atom. The molecule has 0 aliphatic carbocycles. The lowest BCUT2D eigenvalue weighted by molar-refractivity contribution is 0.0135. The molecule has 1 aliphatic rings. The summed E-state index contributed by atoms with van der Waals surface area (Å²) in [5, 5.41) is 3.10. The van der Waals surface area contributed by atoms with Crippen molar-refractivity contribution < 1.29 is 18.6 Å². The van der Waals surface area contributed by atoms with Crippen molar-refractivity contribution in [3.63, 3.8) is 0 Å². The molecule has 2 heterocycles. The fraction of sp³-hybridized carbons (Fsp3) is 0.450. The molecule has 3 rings (SSSR count). The molecule has 28 heavy (non-hydrogen) atoms. The number of nitrogens with zero attached hydrogens (tertiary/aromatic N) is 2. The first kappa shape index (κ1) is 20.0. The largest absolute Gasteiger partial charge is 0.493 e. The Morgan fingerprint density at radius 3 is 2.57 bits per heavy atom. The lowest BCUT2D eigenvalue weighted by atomic mass is 10.1. The molecule has 0 saturated carbocycles. The summed E-state index contributed by atoms with van der Waals surface area (Å²) in [4.78, 5) is 6.86. The van der Waals surface area contributed by atoms with Gasteiger partial charge in [-0.25, -0.2) is 0 Å². The fourth-order valence-corrected chi connectivity index (χ4v) is 3.19. The number of anilines is 1. The van der Waals surface area contributed by atoms with E-state index in [9.17, 15) is 0 Å². The average Bonchev–Trinajstić information content (AvgIpc) is 3.14. The van der Waals surface area contributed by atoms with Crippen LogP contribution in [0.4, 0.5) is 5.69 Å². The van der Waals surface area contributed by atoms with Gasteiger partial charge in [-0.2, -0.15) is 0 Å². The number of hydrogen-bond acceptors (Lipinski definition) is 6. The molecule has 0 radical (unpaired) electrons. The maximum absolute atomic E-state index is 6.12. The van der Waals surface area contributed by atoms with E-state index in [1.54, 1.807) is 14.2 Å². The van der Waals surface area contributed by atoms with Gasteiger partial charge in [-0.05, 0) is 31.2 Å². The molecule has 1 aliphatic heterocycles. The van der Waals surface area contributed by atoms with Gasteiger partial charge in [0.25, 0.3) is 0 Å². The molecule has 0 bridgehead atoms. The summed E-state index contributed by atoms with van der Waals surface area (Å²) in [6, 6.07) is 9.48. The van der Waals surface area contributed by atoms with Gasteiger partial charge in [0, 0.05) is 24.8 Å². The van der Waals surface area contributed by atoms with Crippen LogP contribution in [0.25, 0.3) is 0 Å². The van der Waals surface area contributed by atoms with Crippen molar-refractivity contribution in [2.45, 2.75) is 13.0 Å². The van der Waals surface area contributed by atoms with Gasteiger partial charge in [0.15, 0.2) is 17.5 Å². The van der Waals surface area contributed by atoms with Crippen LogP contribution in [0.2, 0.25) is 0 Å². The number of nitrogens with two attached hydrogens (primary N) is 1. The van der Waals surface area contributed by atoms with Crippen molar-refractivity contribution in [2.24, 2.45) is 10.7 Å². The summed E-state index contributed by atoms with van der Waals surface area (Å²) in [6.45, 7) is 5.51. The zero-order valence-electron chi connectivity index (χ0n) is 16.6. The Hall–Kier alpha value is -2.71. The van der Waals surface area contributed by atoms with E-state index in [4.69, 9.17) is 24.4 Å². The minimum Gasteiger partial charge on any atom is -0.493 e. The van der Waals surface area contributed by atoms with Gasteiger partial charge < -0.3 is 29.7 Å². The van der Waals surface area contributed by atoms with Crippen LogP contribution in [0.5, 0.6) is 11.5 Å². The van der Waals surface area contributed by atoms with E-state index in [0.29, 0.717) is 37.2 Å². The van der Waals surface area contributed by atoms with Crippen LogP contribution in [0.1, 0.15) is 17.6 Å². The SMILES string of the molecule is COc1ccc(NC(N)=NCC(c2ccc(C)o2)N2CCOCC2)cc1OC. The van der Waals surface area contributed by atoms with E-state index >= 15 is 0 Å². The van der Waals surface area contributed by atoms with Gasteiger partial charge >= 0.3 is 0 Å². The van der Waals surface area contributed by atoms with Gasteiger partial charge in [-0.1, -0.05) is 0 Å². The molecule has 1 atom stereocenters. The van der Waals surface area contributed by atoms with Crippen LogP contribution in [-0.4, -0.2) is 57.9 Å². The Bertz CT molecular complexity index is 799. The second-order valence-corrected chi connectivity index (χ2v) is 6.53. The number of aliphatic imine (C=N–C) groups is 1. The van der Waals surface area contributed by atoms with Crippen molar-refractivity contribution >= 4 is 11.6 Å². The number of rotatable bonds is 7. The van der Waals surface area contributed by atoms with Crippen LogP contribution in [0.3, 0.4) is 0 Å². The van der Waals surface area contributed by atoms with Crippen molar-refractivity contribution in [1.82, 2.24) is 4.90 Å². The smallest absolute Gasteiger partial charge is 0.193 e. The monoisotopic (exact) mass is 388 g/mol. The van der Waals surface area contributed by atoms with E-state index in [-0.39, 0.29) is 6.04 Å². The van der Waals surface area contributed by atoms with Gasteiger partial charge in [-0.3, -0.25) is 9.89 Å². The van der Waals surface area contributed by atoms with Crippen molar-refractivity contribution in [3.8, 4) is 11.5 Å². The summed E-state index contributed by atoms with van der Waals surface area (Å²) in [7, 11) is 3.19. The van der Waals surface area contributed by atoms with Crippen LogP contribution < -0.4 is 20.5 Å². The van der Waals surface area contributed by atoms with Gasteiger partial charge in [0.05, 0.1) is 40.0 Å². The number of ether oxygens (including phenoxy) is 3. The zero-order valence-corrected chi connectivity index (χ0v) is 16.6. The highest BCUT2D eigenvalue weighted by Gasteiger charge is 2.25. The molecule has 8 nitrogen and oxygen atoms in total. The maximum atomic E-state index is 6.12. The van der Waals surface area contributed by atoms with E-state index < -0.39 is 0 Å². The fourth-order valence-electron chi connectivity index (χ4n) is 3.19. The van der Waals surface area contributed by atoms with E-state index in [1.807, 2.05) is 37.3 Å². The third kappa shape index (κ3) is 4.96. The predicted octanol–water partition coefficient (Wildman–Crippen LogP) is 2.41.